The van der Waals surface area contributed by atoms with E-state index in [1.807, 2.05) is 48.7 Å². The fourth-order valence-corrected chi connectivity index (χ4v) is 4.86. The minimum absolute atomic E-state index is 0.212. The van der Waals surface area contributed by atoms with Gasteiger partial charge in [-0.25, -0.2) is 4.98 Å². The Bertz CT molecular complexity index is 1320. The fraction of sp³-hybridized carbons (Fsp3) is 0.240. The second-order valence-corrected chi connectivity index (χ2v) is 8.68. The zero-order valence-electron chi connectivity index (χ0n) is 17.9. The minimum Gasteiger partial charge on any atom is -0.368 e. The molecular formula is C25H25N3O2S. The van der Waals surface area contributed by atoms with Crippen molar-refractivity contribution in [3.05, 3.63) is 86.8 Å². The molecule has 0 saturated carbocycles. The van der Waals surface area contributed by atoms with Gasteiger partial charge in [0.2, 0.25) is 5.91 Å². The average molecular weight is 432 g/mol. The molecule has 0 fully saturated rings. The topological polar surface area (TPSA) is 78.0 Å². The molecule has 1 atom stereocenters. The number of thiophene rings is 1. The van der Waals surface area contributed by atoms with E-state index in [-0.39, 0.29) is 5.56 Å². The van der Waals surface area contributed by atoms with Crippen LogP contribution < -0.4 is 11.3 Å². The van der Waals surface area contributed by atoms with Crippen molar-refractivity contribution < 1.29 is 4.79 Å². The van der Waals surface area contributed by atoms with Crippen molar-refractivity contribution in [1.82, 2.24) is 9.55 Å². The predicted octanol–water partition coefficient (Wildman–Crippen LogP) is 4.77. The first-order chi connectivity index (χ1) is 14.9. The van der Waals surface area contributed by atoms with Crippen LogP contribution in [-0.2, 0) is 11.2 Å². The molecule has 2 aromatic carbocycles. The SMILES string of the molecule is CCC(C(N)=O)n1c(Cc2ccccc2)nc2scc(-c3ccc(C)c(C)c3)c2c1=O. The lowest BCUT2D eigenvalue weighted by Crippen LogP contribution is -2.36. The molecule has 2 heterocycles. The Hall–Kier alpha value is -3.25. The highest BCUT2D eigenvalue weighted by Crippen LogP contribution is 2.33. The number of fused-ring (bicyclic) bond motifs is 1. The van der Waals surface area contributed by atoms with Crippen molar-refractivity contribution >= 4 is 27.5 Å². The monoisotopic (exact) mass is 431 g/mol. The van der Waals surface area contributed by atoms with E-state index in [1.165, 1.54) is 21.5 Å². The lowest BCUT2D eigenvalue weighted by Gasteiger charge is -2.19. The van der Waals surface area contributed by atoms with Gasteiger partial charge in [-0.2, -0.15) is 0 Å². The molecule has 5 nitrogen and oxygen atoms in total. The first-order valence-electron chi connectivity index (χ1n) is 10.3. The van der Waals surface area contributed by atoms with Gasteiger partial charge in [-0.15, -0.1) is 11.3 Å². The highest BCUT2D eigenvalue weighted by molar-refractivity contribution is 7.17. The predicted molar refractivity (Wildman–Crippen MR) is 127 cm³/mol. The van der Waals surface area contributed by atoms with Crippen LogP contribution >= 0.6 is 11.3 Å². The van der Waals surface area contributed by atoms with Crippen molar-refractivity contribution in [3.8, 4) is 11.1 Å². The molecule has 0 aliphatic heterocycles. The van der Waals surface area contributed by atoms with Gasteiger partial charge >= 0.3 is 0 Å². The molecule has 2 N–H and O–H groups in total. The molecule has 158 valence electrons. The first-order valence-corrected chi connectivity index (χ1v) is 11.2. The van der Waals surface area contributed by atoms with Crippen LogP contribution in [0, 0.1) is 13.8 Å². The van der Waals surface area contributed by atoms with Crippen molar-refractivity contribution in [2.75, 3.05) is 0 Å². The zero-order chi connectivity index (χ0) is 22.1. The summed E-state index contributed by atoms with van der Waals surface area (Å²) < 4.78 is 1.51. The largest absolute Gasteiger partial charge is 0.368 e. The number of hydrogen-bond donors (Lipinski definition) is 1. The quantitative estimate of drug-likeness (QED) is 0.478. The molecule has 0 aliphatic rings. The van der Waals surface area contributed by atoms with E-state index >= 15 is 0 Å². The van der Waals surface area contributed by atoms with E-state index in [0.717, 1.165) is 22.3 Å². The molecule has 1 amide bonds. The lowest BCUT2D eigenvalue weighted by molar-refractivity contribution is -0.121. The molecular weight excluding hydrogens is 406 g/mol. The highest BCUT2D eigenvalue weighted by Gasteiger charge is 2.24. The Kier molecular flexibility index (Phi) is 5.74. The van der Waals surface area contributed by atoms with Crippen LogP contribution in [-0.4, -0.2) is 15.5 Å². The number of carbonyl (C=O) groups excluding carboxylic acids is 1. The Morgan fingerprint density at radius 1 is 1.13 bits per heavy atom. The van der Waals surface area contributed by atoms with E-state index in [4.69, 9.17) is 10.7 Å². The van der Waals surface area contributed by atoms with Crippen molar-refractivity contribution in [2.24, 2.45) is 5.73 Å². The molecule has 0 spiro atoms. The number of hydrogen-bond acceptors (Lipinski definition) is 4. The number of aryl methyl sites for hydroxylation is 2. The number of nitrogens with two attached hydrogens (primary N) is 1. The minimum atomic E-state index is -0.740. The Morgan fingerprint density at radius 3 is 2.52 bits per heavy atom. The summed E-state index contributed by atoms with van der Waals surface area (Å²) in [6, 6.07) is 15.2. The second-order valence-electron chi connectivity index (χ2n) is 7.82. The number of amides is 1. The summed E-state index contributed by atoms with van der Waals surface area (Å²) in [4.78, 5) is 31.5. The molecule has 0 aliphatic carbocycles. The van der Waals surface area contributed by atoms with Crippen LogP contribution in [0.3, 0.4) is 0 Å². The van der Waals surface area contributed by atoms with Crippen LogP contribution in [0.1, 0.15) is 41.9 Å². The van der Waals surface area contributed by atoms with Gasteiger partial charge in [0.15, 0.2) is 0 Å². The summed E-state index contributed by atoms with van der Waals surface area (Å²) in [7, 11) is 0. The van der Waals surface area contributed by atoms with Gasteiger partial charge in [0.05, 0.1) is 5.39 Å². The number of benzene rings is 2. The van der Waals surface area contributed by atoms with E-state index in [0.29, 0.717) is 28.9 Å². The third-order valence-electron chi connectivity index (χ3n) is 5.76. The molecule has 0 saturated heterocycles. The van der Waals surface area contributed by atoms with Gasteiger partial charge in [-0.05, 0) is 42.5 Å². The average Bonchev–Trinajstić information content (AvgIpc) is 3.17. The van der Waals surface area contributed by atoms with E-state index in [2.05, 4.69) is 26.0 Å². The number of primary amides is 1. The van der Waals surface area contributed by atoms with Gasteiger partial charge in [0.25, 0.3) is 5.56 Å². The van der Waals surface area contributed by atoms with Gasteiger partial charge in [-0.3, -0.25) is 14.2 Å². The maximum Gasteiger partial charge on any atom is 0.263 e. The first kappa shape index (κ1) is 21.0. The van der Waals surface area contributed by atoms with E-state index in [9.17, 15) is 9.59 Å². The molecule has 6 heteroatoms. The van der Waals surface area contributed by atoms with Gasteiger partial charge < -0.3 is 5.73 Å². The number of carbonyl (C=O) groups is 1. The smallest absolute Gasteiger partial charge is 0.263 e. The van der Waals surface area contributed by atoms with Crippen molar-refractivity contribution in [2.45, 2.75) is 39.7 Å². The Balaban J connectivity index is 1.97. The number of aromatic nitrogens is 2. The summed E-state index contributed by atoms with van der Waals surface area (Å²) in [5.74, 6) is 0.0332. The van der Waals surface area contributed by atoms with Crippen LogP contribution in [0.15, 0.2) is 58.7 Å². The van der Waals surface area contributed by atoms with Crippen LogP contribution in [0.2, 0.25) is 0 Å². The van der Waals surface area contributed by atoms with Gasteiger partial charge in [0.1, 0.15) is 16.7 Å². The maximum absolute atomic E-state index is 13.8. The van der Waals surface area contributed by atoms with Crippen LogP contribution in [0.25, 0.3) is 21.3 Å². The van der Waals surface area contributed by atoms with E-state index in [1.54, 1.807) is 0 Å². The Morgan fingerprint density at radius 2 is 1.87 bits per heavy atom. The van der Waals surface area contributed by atoms with E-state index < -0.39 is 11.9 Å². The lowest BCUT2D eigenvalue weighted by atomic mass is 10.0. The molecule has 31 heavy (non-hydrogen) atoms. The number of nitrogens with zero attached hydrogens (tertiary/aromatic N) is 2. The van der Waals surface area contributed by atoms with Crippen molar-refractivity contribution in [1.29, 1.82) is 0 Å². The van der Waals surface area contributed by atoms with Gasteiger partial charge in [-0.1, -0.05) is 55.5 Å². The van der Waals surface area contributed by atoms with Crippen molar-refractivity contribution in [3.63, 3.8) is 0 Å². The van der Waals surface area contributed by atoms with Gasteiger partial charge in [0, 0.05) is 17.4 Å². The maximum atomic E-state index is 13.8. The molecule has 4 rings (SSSR count). The Labute approximate surface area is 185 Å². The van der Waals surface area contributed by atoms with Crippen LogP contribution in [0.5, 0.6) is 0 Å². The molecule has 0 bridgehead atoms. The summed E-state index contributed by atoms with van der Waals surface area (Å²) in [6.45, 7) is 5.98. The van der Waals surface area contributed by atoms with Crippen LogP contribution in [0.4, 0.5) is 0 Å². The third-order valence-corrected chi connectivity index (χ3v) is 6.63. The number of rotatable bonds is 6. The normalized spacial score (nSPS) is 12.2. The molecule has 1 unspecified atom stereocenters. The second kappa shape index (κ2) is 8.47. The standard InChI is InChI=1S/C25H25N3O2S/c1-4-20(23(26)29)28-21(13-17-8-6-5-7-9-17)27-24-22(25(28)30)19(14-31-24)18-11-10-15(2)16(3)12-18/h5-12,14,20H,4,13H2,1-3H3,(H2,26,29). The summed E-state index contributed by atoms with van der Waals surface area (Å²) in [6.07, 6.45) is 0.875. The summed E-state index contributed by atoms with van der Waals surface area (Å²) in [5, 5.41) is 2.52. The molecule has 4 aromatic rings. The highest BCUT2D eigenvalue weighted by atomic mass is 32.1. The third kappa shape index (κ3) is 3.91. The molecule has 2 aromatic heterocycles. The summed E-state index contributed by atoms with van der Waals surface area (Å²) >= 11 is 1.45. The molecule has 0 radical (unpaired) electrons. The fourth-order valence-electron chi connectivity index (χ4n) is 3.90. The zero-order valence-corrected chi connectivity index (χ0v) is 18.7. The summed E-state index contributed by atoms with van der Waals surface area (Å²) in [5.41, 5.74) is 10.7.